The van der Waals surface area contributed by atoms with Crippen molar-refractivity contribution in [1.82, 2.24) is 0 Å². The molecule has 0 aliphatic rings. The SMILES string of the molecule is CC(C)(C)OC(=O)[C@](N)(Cc1cccc(F)c1)CC(F)(F)F. The van der Waals surface area contributed by atoms with E-state index in [0.29, 0.717) is 0 Å². The molecule has 0 amide bonds. The first-order valence-electron chi connectivity index (χ1n) is 6.64. The number of halogens is 4. The van der Waals surface area contributed by atoms with Crippen molar-refractivity contribution < 1.29 is 27.1 Å². The molecule has 0 heterocycles. The number of esters is 1. The van der Waals surface area contributed by atoms with Crippen molar-refractivity contribution in [1.29, 1.82) is 0 Å². The second-order valence-electron chi connectivity index (χ2n) is 6.26. The van der Waals surface area contributed by atoms with Crippen molar-refractivity contribution in [2.24, 2.45) is 5.73 Å². The summed E-state index contributed by atoms with van der Waals surface area (Å²) >= 11 is 0. The minimum absolute atomic E-state index is 0.192. The molecule has 0 saturated heterocycles. The van der Waals surface area contributed by atoms with E-state index in [4.69, 9.17) is 10.5 Å². The molecule has 0 fully saturated rings. The van der Waals surface area contributed by atoms with Gasteiger partial charge in [-0.05, 0) is 38.5 Å². The van der Waals surface area contributed by atoms with Crippen LogP contribution < -0.4 is 5.73 Å². The van der Waals surface area contributed by atoms with E-state index in [1.807, 2.05) is 0 Å². The van der Waals surface area contributed by atoms with Gasteiger partial charge in [-0.1, -0.05) is 12.1 Å². The van der Waals surface area contributed by atoms with Crippen molar-refractivity contribution in [3.05, 3.63) is 35.6 Å². The summed E-state index contributed by atoms with van der Waals surface area (Å²) in [6.45, 7) is 4.59. The quantitative estimate of drug-likeness (QED) is 0.683. The minimum atomic E-state index is -4.65. The van der Waals surface area contributed by atoms with Crippen LogP contribution >= 0.6 is 0 Å². The van der Waals surface area contributed by atoms with Crippen LogP contribution in [0.25, 0.3) is 0 Å². The van der Waals surface area contributed by atoms with Gasteiger partial charge in [0.1, 0.15) is 17.0 Å². The third kappa shape index (κ3) is 6.01. The van der Waals surface area contributed by atoms with E-state index < -0.39 is 41.9 Å². The van der Waals surface area contributed by atoms with Crippen molar-refractivity contribution in [2.75, 3.05) is 0 Å². The Bertz CT molecular complexity index is 537. The highest BCUT2D eigenvalue weighted by Gasteiger charge is 2.47. The fraction of sp³-hybridized carbons (Fsp3) is 0.533. The molecule has 1 atom stereocenters. The maximum atomic E-state index is 13.2. The molecule has 2 N–H and O–H groups in total. The van der Waals surface area contributed by atoms with Gasteiger partial charge in [-0.3, -0.25) is 4.79 Å². The first-order valence-corrected chi connectivity index (χ1v) is 6.64. The van der Waals surface area contributed by atoms with Crippen LogP contribution in [0.1, 0.15) is 32.8 Å². The summed E-state index contributed by atoms with van der Waals surface area (Å²) in [5, 5.41) is 0. The Morgan fingerprint density at radius 2 is 1.82 bits per heavy atom. The van der Waals surface area contributed by atoms with Gasteiger partial charge in [0.2, 0.25) is 0 Å². The summed E-state index contributed by atoms with van der Waals surface area (Å²) in [4.78, 5) is 12.1. The zero-order valence-electron chi connectivity index (χ0n) is 12.6. The predicted octanol–water partition coefficient (Wildman–Crippen LogP) is 3.36. The van der Waals surface area contributed by atoms with Crippen LogP contribution in [0.15, 0.2) is 24.3 Å². The Morgan fingerprint density at radius 3 is 2.27 bits per heavy atom. The number of hydrogen-bond donors (Lipinski definition) is 1. The number of nitrogens with two attached hydrogens (primary N) is 1. The van der Waals surface area contributed by atoms with Crippen molar-refractivity contribution in [3.8, 4) is 0 Å². The third-order valence-corrected chi connectivity index (χ3v) is 2.73. The first kappa shape index (κ1) is 18.4. The molecule has 22 heavy (non-hydrogen) atoms. The molecule has 0 bridgehead atoms. The van der Waals surface area contributed by atoms with Crippen LogP contribution in [0.3, 0.4) is 0 Å². The number of hydrogen-bond acceptors (Lipinski definition) is 3. The monoisotopic (exact) mass is 321 g/mol. The van der Waals surface area contributed by atoms with Gasteiger partial charge in [0.15, 0.2) is 0 Å². The van der Waals surface area contributed by atoms with Crippen molar-refractivity contribution >= 4 is 5.97 Å². The maximum Gasteiger partial charge on any atom is 0.391 e. The Labute approximate surface area is 126 Å². The van der Waals surface area contributed by atoms with Gasteiger partial charge in [0, 0.05) is 6.42 Å². The van der Waals surface area contributed by atoms with Crippen LogP contribution in [-0.2, 0) is 16.0 Å². The zero-order chi connectivity index (χ0) is 17.2. The van der Waals surface area contributed by atoms with E-state index in [9.17, 15) is 22.4 Å². The van der Waals surface area contributed by atoms with Crippen LogP contribution in [0.4, 0.5) is 17.6 Å². The topological polar surface area (TPSA) is 52.3 Å². The van der Waals surface area contributed by atoms with Crippen molar-refractivity contribution in [2.45, 2.75) is 50.9 Å². The molecule has 1 aromatic rings. The van der Waals surface area contributed by atoms with Crippen LogP contribution in [-0.4, -0.2) is 23.3 Å². The lowest BCUT2D eigenvalue weighted by atomic mass is 9.88. The molecule has 0 unspecified atom stereocenters. The number of rotatable bonds is 4. The van der Waals surface area contributed by atoms with Gasteiger partial charge in [-0.2, -0.15) is 13.2 Å². The summed E-state index contributed by atoms with van der Waals surface area (Å²) in [5.41, 5.74) is 2.61. The lowest BCUT2D eigenvalue weighted by molar-refractivity contribution is -0.179. The molecule has 0 aliphatic heterocycles. The fourth-order valence-electron chi connectivity index (χ4n) is 1.96. The largest absolute Gasteiger partial charge is 0.459 e. The third-order valence-electron chi connectivity index (χ3n) is 2.73. The average Bonchev–Trinajstić information content (AvgIpc) is 2.23. The molecule has 7 heteroatoms. The number of benzene rings is 1. The van der Waals surface area contributed by atoms with E-state index in [1.165, 1.54) is 32.9 Å². The van der Waals surface area contributed by atoms with Crippen LogP contribution in [0.5, 0.6) is 0 Å². The predicted molar refractivity (Wildman–Crippen MR) is 73.5 cm³/mol. The Hall–Kier alpha value is -1.63. The number of alkyl halides is 3. The molecule has 3 nitrogen and oxygen atoms in total. The van der Waals surface area contributed by atoms with Gasteiger partial charge in [-0.25, -0.2) is 4.39 Å². The first-order chi connectivity index (χ1) is 9.81. The van der Waals surface area contributed by atoms with E-state index in [2.05, 4.69) is 0 Å². The zero-order valence-corrected chi connectivity index (χ0v) is 12.6. The molecule has 0 aliphatic carbocycles. The van der Waals surface area contributed by atoms with E-state index in [0.717, 1.165) is 12.1 Å². The van der Waals surface area contributed by atoms with E-state index in [1.54, 1.807) is 0 Å². The molecular formula is C15H19F4NO2. The number of carbonyl (C=O) groups is 1. The van der Waals surface area contributed by atoms with Gasteiger partial charge >= 0.3 is 12.1 Å². The summed E-state index contributed by atoms with van der Waals surface area (Å²) in [7, 11) is 0. The molecule has 1 aromatic carbocycles. The second kappa shape index (κ2) is 6.24. The summed E-state index contributed by atoms with van der Waals surface area (Å²) in [5.74, 6) is -1.78. The highest BCUT2D eigenvalue weighted by Crippen LogP contribution is 2.30. The van der Waals surface area contributed by atoms with Crippen molar-refractivity contribution in [3.63, 3.8) is 0 Å². The molecule has 0 saturated carbocycles. The molecule has 124 valence electrons. The Morgan fingerprint density at radius 1 is 1.23 bits per heavy atom. The van der Waals surface area contributed by atoms with Gasteiger partial charge in [-0.15, -0.1) is 0 Å². The lowest BCUT2D eigenvalue weighted by Crippen LogP contribution is -2.55. The number of ether oxygens (including phenoxy) is 1. The number of carbonyl (C=O) groups excluding carboxylic acids is 1. The second-order valence-corrected chi connectivity index (χ2v) is 6.26. The highest BCUT2D eigenvalue weighted by molar-refractivity contribution is 5.81. The van der Waals surface area contributed by atoms with E-state index in [-0.39, 0.29) is 5.56 Å². The Balaban J connectivity index is 3.08. The molecule has 0 radical (unpaired) electrons. The highest BCUT2D eigenvalue weighted by atomic mass is 19.4. The minimum Gasteiger partial charge on any atom is -0.459 e. The lowest BCUT2D eigenvalue weighted by Gasteiger charge is -2.32. The summed E-state index contributed by atoms with van der Waals surface area (Å²) < 4.78 is 56.5. The normalized spacial score (nSPS) is 15.3. The Kier molecular flexibility index (Phi) is 5.22. The molecule has 0 aromatic heterocycles. The molecular weight excluding hydrogens is 302 g/mol. The summed E-state index contributed by atoms with van der Waals surface area (Å²) in [6.07, 6.45) is -6.68. The van der Waals surface area contributed by atoms with Gasteiger partial charge < -0.3 is 10.5 Å². The maximum absolute atomic E-state index is 13.2. The average molecular weight is 321 g/mol. The van der Waals surface area contributed by atoms with Gasteiger partial charge in [0.05, 0.1) is 6.42 Å². The fourth-order valence-corrected chi connectivity index (χ4v) is 1.96. The van der Waals surface area contributed by atoms with E-state index >= 15 is 0 Å². The molecule has 0 spiro atoms. The van der Waals surface area contributed by atoms with Crippen LogP contribution in [0.2, 0.25) is 0 Å². The standard InChI is InChI=1S/C15H19F4NO2/c1-13(2,3)22-12(21)14(20,9-15(17,18)19)8-10-5-4-6-11(16)7-10/h4-7H,8-9,20H2,1-3H3/t14-/m0/s1. The molecule has 1 rings (SSSR count). The van der Waals surface area contributed by atoms with Crippen LogP contribution in [0, 0.1) is 5.82 Å². The van der Waals surface area contributed by atoms with Gasteiger partial charge in [0.25, 0.3) is 0 Å². The summed E-state index contributed by atoms with van der Waals surface area (Å²) in [6, 6.07) is 4.94. The smallest absolute Gasteiger partial charge is 0.391 e.